The minimum atomic E-state index is 0. The lowest BCUT2D eigenvalue weighted by Crippen LogP contribution is -2.40. The Morgan fingerprint density at radius 1 is 1.12 bits per heavy atom. The minimum absolute atomic E-state index is 0. The molecule has 33 heavy (non-hydrogen) atoms. The average Bonchev–Trinajstić information content (AvgIpc) is 3.14. The molecule has 0 bridgehead atoms. The number of para-hydroxylation sites is 2. The van der Waals surface area contributed by atoms with Crippen molar-refractivity contribution in [2.24, 2.45) is 4.99 Å². The van der Waals surface area contributed by atoms with E-state index in [1.807, 2.05) is 18.2 Å². The van der Waals surface area contributed by atoms with Gasteiger partial charge in [-0.1, -0.05) is 18.2 Å². The Morgan fingerprint density at radius 3 is 2.61 bits per heavy atom. The molecular formula is C25H36IN5O2. The molecule has 0 saturated heterocycles. The van der Waals surface area contributed by atoms with Crippen LogP contribution in [0.5, 0.6) is 11.5 Å². The number of ether oxygens (including phenoxy) is 2. The van der Waals surface area contributed by atoms with Gasteiger partial charge >= 0.3 is 0 Å². The van der Waals surface area contributed by atoms with E-state index in [0.717, 1.165) is 67.8 Å². The SMILES string of the molecule is CCNC(=NCCCn1c(C)nc2ccccc21)N(C)CCc1ccc(OC)c(OC)c1.I. The first-order chi connectivity index (χ1) is 15.6. The van der Waals surface area contributed by atoms with Crippen LogP contribution >= 0.6 is 24.0 Å². The molecule has 2 aromatic carbocycles. The quantitative estimate of drug-likeness (QED) is 0.170. The maximum atomic E-state index is 5.42. The van der Waals surface area contributed by atoms with Crippen molar-refractivity contribution < 1.29 is 9.47 Å². The number of aryl methyl sites for hydroxylation is 2. The number of methoxy groups -OCH3 is 2. The number of guanidine groups is 1. The van der Waals surface area contributed by atoms with Gasteiger partial charge in [0, 0.05) is 33.2 Å². The van der Waals surface area contributed by atoms with Crippen molar-refractivity contribution in [1.82, 2.24) is 19.8 Å². The van der Waals surface area contributed by atoms with Crippen LogP contribution in [0.15, 0.2) is 47.5 Å². The molecule has 0 aliphatic rings. The number of hydrogen-bond acceptors (Lipinski definition) is 4. The van der Waals surface area contributed by atoms with Gasteiger partial charge in [-0.05, 0) is 56.5 Å². The second-order valence-electron chi connectivity index (χ2n) is 7.75. The number of halogens is 1. The van der Waals surface area contributed by atoms with Gasteiger partial charge in [0.2, 0.25) is 0 Å². The molecule has 0 saturated carbocycles. The summed E-state index contributed by atoms with van der Waals surface area (Å²) in [6.07, 6.45) is 1.85. The van der Waals surface area contributed by atoms with E-state index in [4.69, 9.17) is 14.5 Å². The zero-order valence-corrected chi connectivity index (χ0v) is 22.6. The van der Waals surface area contributed by atoms with Gasteiger partial charge in [0.15, 0.2) is 17.5 Å². The van der Waals surface area contributed by atoms with Crippen LogP contribution in [0.25, 0.3) is 11.0 Å². The van der Waals surface area contributed by atoms with Crippen molar-refractivity contribution >= 4 is 41.0 Å². The predicted molar refractivity (Wildman–Crippen MR) is 146 cm³/mol. The van der Waals surface area contributed by atoms with Crippen LogP contribution < -0.4 is 14.8 Å². The third-order valence-electron chi connectivity index (χ3n) is 5.53. The summed E-state index contributed by atoms with van der Waals surface area (Å²) in [5, 5.41) is 3.41. The lowest BCUT2D eigenvalue weighted by Gasteiger charge is -2.22. The number of aliphatic imine (C=N–C) groups is 1. The van der Waals surface area contributed by atoms with E-state index in [0.29, 0.717) is 0 Å². The topological polar surface area (TPSA) is 63.9 Å². The summed E-state index contributed by atoms with van der Waals surface area (Å²) in [5.74, 6) is 3.49. The Balaban J connectivity index is 0.00000385. The van der Waals surface area contributed by atoms with Crippen molar-refractivity contribution in [3.05, 3.63) is 53.9 Å². The molecule has 0 aliphatic carbocycles. The third-order valence-corrected chi connectivity index (χ3v) is 5.53. The lowest BCUT2D eigenvalue weighted by atomic mass is 10.1. The second kappa shape index (κ2) is 13.3. The maximum Gasteiger partial charge on any atom is 0.193 e. The summed E-state index contributed by atoms with van der Waals surface area (Å²) < 4.78 is 13.0. The monoisotopic (exact) mass is 565 g/mol. The smallest absolute Gasteiger partial charge is 0.193 e. The number of benzene rings is 2. The van der Waals surface area contributed by atoms with Gasteiger partial charge in [0.05, 0.1) is 25.3 Å². The maximum absolute atomic E-state index is 5.42. The number of aromatic nitrogens is 2. The van der Waals surface area contributed by atoms with E-state index in [-0.39, 0.29) is 24.0 Å². The number of rotatable bonds is 10. The molecule has 0 atom stereocenters. The first kappa shape index (κ1) is 26.8. The van der Waals surface area contributed by atoms with Gasteiger partial charge in [0.1, 0.15) is 5.82 Å². The Morgan fingerprint density at radius 2 is 1.88 bits per heavy atom. The highest BCUT2D eigenvalue weighted by Gasteiger charge is 2.09. The number of nitrogens with one attached hydrogen (secondary N) is 1. The van der Waals surface area contributed by atoms with Crippen molar-refractivity contribution in [1.29, 1.82) is 0 Å². The highest BCUT2D eigenvalue weighted by atomic mass is 127. The standard InChI is InChI=1S/C25H35N5O2.HI/c1-6-26-25(29(3)17-14-20-12-13-23(31-4)24(18-20)32-5)27-15-9-16-30-19(2)28-21-10-7-8-11-22(21)30;/h7-8,10-13,18H,6,9,14-17H2,1-5H3,(H,26,27);1H. The summed E-state index contributed by atoms with van der Waals surface area (Å²) in [7, 11) is 5.40. The van der Waals surface area contributed by atoms with E-state index in [2.05, 4.69) is 64.9 Å². The van der Waals surface area contributed by atoms with Gasteiger partial charge in [-0.25, -0.2) is 4.98 Å². The summed E-state index contributed by atoms with van der Waals surface area (Å²) in [5.41, 5.74) is 3.44. The molecule has 1 aromatic heterocycles. The second-order valence-corrected chi connectivity index (χ2v) is 7.75. The largest absolute Gasteiger partial charge is 0.493 e. The van der Waals surface area contributed by atoms with E-state index >= 15 is 0 Å². The van der Waals surface area contributed by atoms with Crippen LogP contribution in [0, 0.1) is 6.92 Å². The fourth-order valence-electron chi connectivity index (χ4n) is 3.80. The van der Waals surface area contributed by atoms with E-state index in [9.17, 15) is 0 Å². The van der Waals surface area contributed by atoms with Crippen LogP contribution in [0.4, 0.5) is 0 Å². The van der Waals surface area contributed by atoms with Crippen LogP contribution in [0.2, 0.25) is 0 Å². The highest BCUT2D eigenvalue weighted by Crippen LogP contribution is 2.27. The number of likely N-dealkylation sites (N-methyl/N-ethyl adjacent to an activating group) is 1. The normalized spacial score (nSPS) is 11.2. The summed E-state index contributed by atoms with van der Waals surface area (Å²) in [6, 6.07) is 14.4. The van der Waals surface area contributed by atoms with Crippen molar-refractivity contribution in [2.75, 3.05) is 40.9 Å². The molecule has 0 spiro atoms. The van der Waals surface area contributed by atoms with Crippen LogP contribution in [0.1, 0.15) is 24.7 Å². The van der Waals surface area contributed by atoms with Crippen molar-refractivity contribution in [3.8, 4) is 11.5 Å². The molecule has 0 unspecified atom stereocenters. The van der Waals surface area contributed by atoms with Gasteiger partial charge < -0.3 is 24.3 Å². The molecule has 3 aromatic rings. The average molecular weight is 566 g/mol. The molecule has 3 rings (SSSR count). The van der Waals surface area contributed by atoms with E-state index in [1.165, 1.54) is 11.1 Å². The molecule has 8 heteroatoms. The Labute approximate surface area is 214 Å². The number of nitrogens with zero attached hydrogens (tertiary/aromatic N) is 4. The fraction of sp³-hybridized carbons (Fsp3) is 0.440. The Hall–Kier alpha value is -2.49. The third kappa shape index (κ3) is 6.99. The lowest BCUT2D eigenvalue weighted by molar-refractivity contribution is 0.354. The molecule has 0 aliphatic heterocycles. The zero-order valence-electron chi connectivity index (χ0n) is 20.3. The number of fused-ring (bicyclic) bond motifs is 1. The van der Waals surface area contributed by atoms with Crippen LogP contribution in [-0.4, -0.2) is 61.3 Å². The number of hydrogen-bond donors (Lipinski definition) is 1. The molecule has 0 radical (unpaired) electrons. The van der Waals surface area contributed by atoms with Gasteiger partial charge in [0.25, 0.3) is 0 Å². The molecule has 0 amide bonds. The molecule has 1 heterocycles. The minimum Gasteiger partial charge on any atom is -0.493 e. The number of imidazole rings is 1. The molecular weight excluding hydrogens is 529 g/mol. The fourth-order valence-corrected chi connectivity index (χ4v) is 3.80. The zero-order chi connectivity index (χ0) is 22.9. The molecule has 0 fully saturated rings. The van der Waals surface area contributed by atoms with E-state index in [1.54, 1.807) is 14.2 Å². The Bertz CT molecular complexity index is 1050. The molecule has 180 valence electrons. The Kier molecular flexibility index (Phi) is 10.8. The van der Waals surface area contributed by atoms with Crippen LogP contribution in [0.3, 0.4) is 0 Å². The molecule has 7 nitrogen and oxygen atoms in total. The first-order valence-electron chi connectivity index (χ1n) is 11.2. The molecule has 1 N–H and O–H groups in total. The van der Waals surface area contributed by atoms with Gasteiger partial charge in [-0.3, -0.25) is 4.99 Å². The van der Waals surface area contributed by atoms with Crippen molar-refractivity contribution in [3.63, 3.8) is 0 Å². The predicted octanol–water partition coefficient (Wildman–Crippen LogP) is 4.51. The van der Waals surface area contributed by atoms with Crippen LogP contribution in [-0.2, 0) is 13.0 Å². The first-order valence-corrected chi connectivity index (χ1v) is 11.2. The summed E-state index contributed by atoms with van der Waals surface area (Å²) in [6.45, 7) is 7.52. The highest BCUT2D eigenvalue weighted by molar-refractivity contribution is 14.0. The van der Waals surface area contributed by atoms with Crippen molar-refractivity contribution in [2.45, 2.75) is 33.2 Å². The van der Waals surface area contributed by atoms with Gasteiger partial charge in [-0.15, -0.1) is 24.0 Å². The summed E-state index contributed by atoms with van der Waals surface area (Å²) in [4.78, 5) is 11.7. The van der Waals surface area contributed by atoms with Gasteiger partial charge in [-0.2, -0.15) is 0 Å². The van der Waals surface area contributed by atoms with E-state index < -0.39 is 0 Å². The summed E-state index contributed by atoms with van der Waals surface area (Å²) >= 11 is 0.